The van der Waals surface area contributed by atoms with E-state index in [1.165, 1.54) is 11.6 Å². The molecule has 0 aliphatic heterocycles. The van der Waals surface area contributed by atoms with E-state index in [0.717, 1.165) is 23.1 Å². The summed E-state index contributed by atoms with van der Waals surface area (Å²) in [5.41, 5.74) is 9.81. The van der Waals surface area contributed by atoms with E-state index in [9.17, 15) is 4.39 Å². The van der Waals surface area contributed by atoms with Gasteiger partial charge in [-0.2, -0.15) is 0 Å². The van der Waals surface area contributed by atoms with Gasteiger partial charge in [0.25, 0.3) is 0 Å². The normalized spacial score (nSPS) is 10.5. The lowest BCUT2D eigenvalue weighted by Crippen LogP contribution is -2.02. The highest BCUT2D eigenvalue weighted by Gasteiger charge is 2.04. The highest BCUT2D eigenvalue weighted by Crippen LogP contribution is 2.25. The highest BCUT2D eigenvalue weighted by molar-refractivity contribution is 5.67. The SMILES string of the molecule is Cc1ccc(F)cc1-c1cccc(CCN)c1. The van der Waals surface area contributed by atoms with Gasteiger partial charge in [0.15, 0.2) is 0 Å². The van der Waals surface area contributed by atoms with Gasteiger partial charge in [0.05, 0.1) is 0 Å². The molecule has 0 aliphatic carbocycles. The maximum absolute atomic E-state index is 13.3. The van der Waals surface area contributed by atoms with Crippen LogP contribution in [0.4, 0.5) is 4.39 Å². The topological polar surface area (TPSA) is 26.0 Å². The number of hydrogen-bond acceptors (Lipinski definition) is 1. The van der Waals surface area contributed by atoms with E-state index in [4.69, 9.17) is 5.73 Å². The highest BCUT2D eigenvalue weighted by atomic mass is 19.1. The van der Waals surface area contributed by atoms with Crippen LogP contribution in [0.5, 0.6) is 0 Å². The van der Waals surface area contributed by atoms with Gasteiger partial charge < -0.3 is 5.73 Å². The molecular formula is C15H16FN. The first-order valence-electron chi connectivity index (χ1n) is 5.76. The van der Waals surface area contributed by atoms with Crippen molar-refractivity contribution in [1.29, 1.82) is 0 Å². The fourth-order valence-electron chi connectivity index (χ4n) is 1.97. The molecule has 2 rings (SSSR count). The molecule has 88 valence electrons. The number of nitrogens with two attached hydrogens (primary N) is 1. The van der Waals surface area contributed by atoms with E-state index < -0.39 is 0 Å². The van der Waals surface area contributed by atoms with Crippen LogP contribution in [-0.4, -0.2) is 6.54 Å². The lowest BCUT2D eigenvalue weighted by atomic mass is 9.98. The summed E-state index contributed by atoms with van der Waals surface area (Å²) >= 11 is 0. The first-order valence-corrected chi connectivity index (χ1v) is 5.76. The fraction of sp³-hybridized carbons (Fsp3) is 0.200. The van der Waals surface area contributed by atoms with Crippen LogP contribution >= 0.6 is 0 Å². The number of hydrogen-bond donors (Lipinski definition) is 1. The van der Waals surface area contributed by atoms with Gasteiger partial charge >= 0.3 is 0 Å². The Bertz CT molecular complexity index is 520. The quantitative estimate of drug-likeness (QED) is 0.858. The van der Waals surface area contributed by atoms with Crippen molar-refractivity contribution in [2.75, 3.05) is 6.54 Å². The van der Waals surface area contributed by atoms with Crippen LogP contribution in [0.15, 0.2) is 42.5 Å². The zero-order chi connectivity index (χ0) is 12.3. The summed E-state index contributed by atoms with van der Waals surface area (Å²) in [4.78, 5) is 0. The van der Waals surface area contributed by atoms with Crippen LogP contribution < -0.4 is 5.73 Å². The van der Waals surface area contributed by atoms with Crippen LogP contribution in [0, 0.1) is 12.7 Å². The van der Waals surface area contributed by atoms with Gasteiger partial charge in [-0.25, -0.2) is 4.39 Å². The molecule has 2 aromatic rings. The zero-order valence-electron chi connectivity index (χ0n) is 9.91. The Morgan fingerprint density at radius 3 is 2.71 bits per heavy atom. The van der Waals surface area contributed by atoms with E-state index in [1.54, 1.807) is 12.1 Å². The molecule has 0 aromatic heterocycles. The average Bonchev–Trinajstić information content (AvgIpc) is 2.33. The van der Waals surface area contributed by atoms with Crippen molar-refractivity contribution < 1.29 is 4.39 Å². The van der Waals surface area contributed by atoms with E-state index in [-0.39, 0.29) is 5.82 Å². The maximum atomic E-state index is 13.3. The summed E-state index contributed by atoms with van der Waals surface area (Å²) in [5, 5.41) is 0. The van der Waals surface area contributed by atoms with Crippen molar-refractivity contribution in [3.8, 4) is 11.1 Å². The average molecular weight is 229 g/mol. The van der Waals surface area contributed by atoms with E-state index >= 15 is 0 Å². The van der Waals surface area contributed by atoms with Crippen molar-refractivity contribution in [3.05, 3.63) is 59.4 Å². The van der Waals surface area contributed by atoms with Crippen molar-refractivity contribution in [1.82, 2.24) is 0 Å². The number of aryl methyl sites for hydroxylation is 1. The minimum absolute atomic E-state index is 0.199. The number of rotatable bonds is 3. The molecule has 2 N–H and O–H groups in total. The summed E-state index contributed by atoms with van der Waals surface area (Å²) in [6.45, 7) is 2.62. The van der Waals surface area contributed by atoms with Gasteiger partial charge in [-0.1, -0.05) is 30.3 Å². The van der Waals surface area contributed by atoms with Gasteiger partial charge in [-0.05, 0) is 54.3 Å². The third kappa shape index (κ3) is 2.71. The van der Waals surface area contributed by atoms with Crippen molar-refractivity contribution >= 4 is 0 Å². The molecule has 0 heterocycles. The van der Waals surface area contributed by atoms with E-state index in [2.05, 4.69) is 6.07 Å². The van der Waals surface area contributed by atoms with Gasteiger partial charge in [-0.3, -0.25) is 0 Å². The van der Waals surface area contributed by atoms with Crippen molar-refractivity contribution in [2.24, 2.45) is 5.73 Å². The van der Waals surface area contributed by atoms with Crippen molar-refractivity contribution in [3.63, 3.8) is 0 Å². The van der Waals surface area contributed by atoms with Gasteiger partial charge in [-0.15, -0.1) is 0 Å². The molecule has 0 unspecified atom stereocenters. The van der Waals surface area contributed by atoms with Gasteiger partial charge in [0.1, 0.15) is 5.82 Å². The van der Waals surface area contributed by atoms with E-state index in [0.29, 0.717) is 6.54 Å². The summed E-state index contributed by atoms with van der Waals surface area (Å²) in [5.74, 6) is -0.199. The summed E-state index contributed by atoms with van der Waals surface area (Å²) < 4.78 is 13.3. The molecule has 2 aromatic carbocycles. The molecule has 0 fully saturated rings. The van der Waals surface area contributed by atoms with E-state index in [1.807, 2.05) is 25.1 Å². The Kier molecular flexibility index (Phi) is 3.55. The Labute approximate surface area is 101 Å². The molecule has 0 saturated carbocycles. The third-order valence-electron chi connectivity index (χ3n) is 2.87. The lowest BCUT2D eigenvalue weighted by Gasteiger charge is -2.08. The second-order valence-electron chi connectivity index (χ2n) is 4.20. The Balaban J connectivity index is 2.45. The Morgan fingerprint density at radius 2 is 1.94 bits per heavy atom. The molecule has 0 spiro atoms. The Hall–Kier alpha value is -1.67. The smallest absolute Gasteiger partial charge is 0.123 e. The molecule has 0 saturated heterocycles. The second-order valence-corrected chi connectivity index (χ2v) is 4.20. The summed E-state index contributed by atoms with van der Waals surface area (Å²) in [7, 11) is 0. The van der Waals surface area contributed by atoms with Crippen LogP contribution in [-0.2, 0) is 6.42 Å². The summed E-state index contributed by atoms with van der Waals surface area (Å²) in [6, 6.07) is 13.0. The minimum atomic E-state index is -0.199. The Morgan fingerprint density at radius 1 is 1.12 bits per heavy atom. The second kappa shape index (κ2) is 5.11. The third-order valence-corrected chi connectivity index (χ3v) is 2.87. The monoisotopic (exact) mass is 229 g/mol. The largest absolute Gasteiger partial charge is 0.330 e. The molecule has 17 heavy (non-hydrogen) atoms. The molecule has 0 radical (unpaired) electrons. The predicted octanol–water partition coefficient (Wildman–Crippen LogP) is 3.30. The first kappa shape index (κ1) is 11.8. The van der Waals surface area contributed by atoms with Crippen LogP contribution in [0.2, 0.25) is 0 Å². The molecule has 0 bridgehead atoms. The van der Waals surface area contributed by atoms with Crippen LogP contribution in [0.1, 0.15) is 11.1 Å². The maximum Gasteiger partial charge on any atom is 0.123 e. The first-order chi connectivity index (χ1) is 8.20. The minimum Gasteiger partial charge on any atom is -0.330 e. The molecule has 0 aliphatic rings. The predicted molar refractivity (Wildman–Crippen MR) is 69.3 cm³/mol. The summed E-state index contributed by atoms with van der Waals surface area (Å²) in [6.07, 6.45) is 0.849. The van der Waals surface area contributed by atoms with Crippen LogP contribution in [0.3, 0.4) is 0 Å². The van der Waals surface area contributed by atoms with Gasteiger partial charge in [0, 0.05) is 0 Å². The molecule has 0 amide bonds. The van der Waals surface area contributed by atoms with Gasteiger partial charge in [0.2, 0.25) is 0 Å². The number of halogens is 1. The number of benzene rings is 2. The molecular weight excluding hydrogens is 213 g/mol. The lowest BCUT2D eigenvalue weighted by molar-refractivity contribution is 0.628. The fourth-order valence-corrected chi connectivity index (χ4v) is 1.97. The molecule has 2 heteroatoms. The van der Waals surface area contributed by atoms with Crippen LogP contribution in [0.25, 0.3) is 11.1 Å². The van der Waals surface area contributed by atoms with Crippen molar-refractivity contribution in [2.45, 2.75) is 13.3 Å². The standard InChI is InChI=1S/C15H16FN/c1-11-5-6-14(16)10-15(11)13-4-2-3-12(9-13)7-8-17/h2-6,9-10H,7-8,17H2,1H3. The molecule has 1 nitrogen and oxygen atoms in total. The molecule has 0 atom stereocenters. The zero-order valence-corrected chi connectivity index (χ0v) is 9.91.